The van der Waals surface area contributed by atoms with Crippen molar-refractivity contribution in [3.63, 3.8) is 0 Å². The van der Waals surface area contributed by atoms with Crippen molar-refractivity contribution in [2.75, 3.05) is 0 Å². The van der Waals surface area contributed by atoms with Gasteiger partial charge in [0.2, 0.25) is 0 Å². The van der Waals surface area contributed by atoms with E-state index in [0.29, 0.717) is 5.65 Å². The normalized spacial score (nSPS) is 12.7. The minimum atomic E-state index is -2.26. The molecule has 1 aromatic carbocycles. The lowest BCUT2D eigenvalue weighted by atomic mass is 10.1. The van der Waals surface area contributed by atoms with Crippen molar-refractivity contribution in [1.82, 2.24) is 24.2 Å². The molecule has 0 aliphatic carbocycles. The van der Waals surface area contributed by atoms with Crippen molar-refractivity contribution < 1.29 is 8.76 Å². The molecule has 1 N–H and O–H groups in total. The van der Waals surface area contributed by atoms with Crippen LogP contribution in [0.25, 0.3) is 22.4 Å². The molecular formula is C13H12N5O2S-. The van der Waals surface area contributed by atoms with Crippen LogP contribution >= 0.6 is 0 Å². The number of hydrogen-bond acceptors (Lipinski definition) is 5. The van der Waals surface area contributed by atoms with Crippen LogP contribution in [0.4, 0.5) is 0 Å². The van der Waals surface area contributed by atoms with Crippen molar-refractivity contribution in [3.05, 3.63) is 42.5 Å². The van der Waals surface area contributed by atoms with Crippen LogP contribution in [0.1, 0.15) is 5.56 Å². The van der Waals surface area contributed by atoms with E-state index < -0.39 is 11.3 Å². The first-order valence-electron chi connectivity index (χ1n) is 6.19. The van der Waals surface area contributed by atoms with Gasteiger partial charge in [-0.15, -0.1) is 0 Å². The summed E-state index contributed by atoms with van der Waals surface area (Å²) in [6.07, 6.45) is 3.19. The summed E-state index contributed by atoms with van der Waals surface area (Å²) in [6, 6.07) is 7.53. The summed E-state index contributed by atoms with van der Waals surface area (Å²) < 4.78 is 25.2. The number of rotatable bonds is 4. The number of benzene rings is 1. The van der Waals surface area contributed by atoms with Crippen LogP contribution in [0.15, 0.2) is 36.9 Å². The molecule has 3 rings (SSSR count). The van der Waals surface area contributed by atoms with Crippen molar-refractivity contribution >= 4 is 22.4 Å². The highest BCUT2D eigenvalue weighted by atomic mass is 32.2. The highest BCUT2D eigenvalue weighted by molar-refractivity contribution is 7.77. The summed E-state index contributed by atoms with van der Waals surface area (Å²) >= 11 is -2.26. The molecule has 0 aliphatic heterocycles. The number of hydrogen-bond donors (Lipinski definition) is 1. The molecular weight excluding hydrogens is 290 g/mol. The Hall–Kier alpha value is -2.16. The molecule has 1 unspecified atom stereocenters. The van der Waals surface area contributed by atoms with Crippen LogP contribution in [0.5, 0.6) is 0 Å². The topological polar surface area (TPSA) is 95.8 Å². The lowest BCUT2D eigenvalue weighted by Crippen LogP contribution is -2.15. The van der Waals surface area contributed by atoms with Crippen molar-refractivity contribution in [1.29, 1.82) is 0 Å². The van der Waals surface area contributed by atoms with E-state index in [0.717, 1.165) is 22.3 Å². The van der Waals surface area contributed by atoms with Crippen molar-refractivity contribution in [2.24, 2.45) is 7.05 Å². The number of imidazole rings is 1. The molecule has 0 amide bonds. The Kier molecular flexibility index (Phi) is 3.74. The zero-order valence-corrected chi connectivity index (χ0v) is 12.0. The largest absolute Gasteiger partial charge is 0.760 e. The lowest BCUT2D eigenvalue weighted by Gasteiger charge is -2.08. The highest BCUT2D eigenvalue weighted by Gasteiger charge is 2.10. The zero-order chi connectivity index (χ0) is 14.8. The van der Waals surface area contributed by atoms with Gasteiger partial charge in [-0.3, -0.25) is 4.21 Å². The first-order valence-corrected chi connectivity index (χ1v) is 7.27. The van der Waals surface area contributed by atoms with E-state index in [2.05, 4.69) is 19.7 Å². The standard InChI is InChI=1S/C13H13N5O2S/c1-18-8-16-13-12(18)11(14-7-15-13)10-4-2-9(3-5-10)6-17-21(19)20/h2-5,7-8,17H,6H2,1H3,(H,19,20)/p-1. The third-order valence-corrected chi connectivity index (χ3v) is 3.51. The molecule has 0 radical (unpaired) electrons. The van der Waals surface area contributed by atoms with Crippen LogP contribution in [-0.4, -0.2) is 28.3 Å². The Morgan fingerprint density at radius 1 is 1.24 bits per heavy atom. The minimum Gasteiger partial charge on any atom is -0.760 e. The SMILES string of the molecule is Cn1cnc2ncnc(-c3ccc(CNS(=O)[O-])cc3)c21. The van der Waals surface area contributed by atoms with E-state index in [-0.39, 0.29) is 6.54 Å². The molecule has 3 aromatic rings. The van der Waals surface area contributed by atoms with Gasteiger partial charge in [0.15, 0.2) is 5.65 Å². The maximum Gasteiger partial charge on any atom is 0.181 e. The van der Waals surface area contributed by atoms with Gasteiger partial charge in [-0.25, -0.2) is 19.7 Å². The average Bonchev–Trinajstić information content (AvgIpc) is 2.87. The Balaban J connectivity index is 1.96. The fraction of sp³-hybridized carbons (Fsp3) is 0.154. The number of aromatic nitrogens is 4. The predicted octanol–water partition coefficient (Wildman–Crippen LogP) is 0.914. The molecule has 0 fully saturated rings. The molecule has 0 bridgehead atoms. The molecule has 0 saturated carbocycles. The maximum atomic E-state index is 10.5. The Morgan fingerprint density at radius 2 is 2.00 bits per heavy atom. The molecule has 7 nitrogen and oxygen atoms in total. The fourth-order valence-corrected chi connectivity index (χ4v) is 2.41. The molecule has 108 valence electrons. The van der Waals surface area contributed by atoms with Crippen molar-refractivity contribution in [2.45, 2.75) is 6.54 Å². The molecule has 2 aromatic heterocycles. The summed E-state index contributed by atoms with van der Waals surface area (Å²) in [7, 11) is 1.89. The lowest BCUT2D eigenvalue weighted by molar-refractivity contribution is 0.522. The molecule has 1 atom stereocenters. The van der Waals surface area contributed by atoms with E-state index in [1.807, 2.05) is 35.9 Å². The number of aryl methyl sites for hydroxylation is 1. The monoisotopic (exact) mass is 302 g/mol. The van der Waals surface area contributed by atoms with E-state index in [1.165, 1.54) is 6.33 Å². The molecule has 21 heavy (non-hydrogen) atoms. The quantitative estimate of drug-likeness (QED) is 0.723. The third kappa shape index (κ3) is 2.82. The van der Waals surface area contributed by atoms with Crippen LogP contribution in [-0.2, 0) is 24.9 Å². The average molecular weight is 302 g/mol. The van der Waals surface area contributed by atoms with Gasteiger partial charge in [0.05, 0.1) is 12.0 Å². The Bertz CT molecular complexity index is 800. The molecule has 0 aliphatic rings. The van der Waals surface area contributed by atoms with Gasteiger partial charge in [0.1, 0.15) is 11.8 Å². The molecule has 0 spiro atoms. The first kappa shape index (κ1) is 13.8. The second-order valence-corrected chi connectivity index (χ2v) is 5.26. The van der Waals surface area contributed by atoms with Gasteiger partial charge in [-0.1, -0.05) is 24.3 Å². The molecule has 8 heteroatoms. The zero-order valence-electron chi connectivity index (χ0n) is 11.2. The van der Waals surface area contributed by atoms with Crippen LogP contribution in [0.2, 0.25) is 0 Å². The van der Waals surface area contributed by atoms with Crippen molar-refractivity contribution in [3.8, 4) is 11.3 Å². The smallest absolute Gasteiger partial charge is 0.181 e. The summed E-state index contributed by atoms with van der Waals surface area (Å²) in [5, 5.41) is 0. The van der Waals surface area contributed by atoms with Crippen LogP contribution in [0.3, 0.4) is 0 Å². The van der Waals surface area contributed by atoms with Gasteiger partial charge in [-0.2, -0.15) is 0 Å². The van der Waals surface area contributed by atoms with E-state index in [9.17, 15) is 8.76 Å². The summed E-state index contributed by atoms with van der Waals surface area (Å²) in [5.41, 5.74) is 4.11. The van der Waals surface area contributed by atoms with Crippen LogP contribution in [0, 0.1) is 0 Å². The molecule has 0 saturated heterocycles. The summed E-state index contributed by atoms with van der Waals surface area (Å²) in [5.74, 6) is 0. The van der Waals surface area contributed by atoms with Gasteiger partial charge < -0.3 is 9.12 Å². The van der Waals surface area contributed by atoms with E-state index >= 15 is 0 Å². The van der Waals surface area contributed by atoms with Crippen LogP contribution < -0.4 is 4.72 Å². The number of nitrogens with zero attached hydrogens (tertiary/aromatic N) is 4. The number of nitrogens with one attached hydrogen (secondary N) is 1. The van der Waals surface area contributed by atoms with Gasteiger partial charge in [0, 0.05) is 30.4 Å². The molecule has 2 heterocycles. The maximum absolute atomic E-state index is 10.5. The fourth-order valence-electron chi connectivity index (χ4n) is 2.12. The van der Waals surface area contributed by atoms with E-state index in [4.69, 9.17) is 0 Å². The summed E-state index contributed by atoms with van der Waals surface area (Å²) in [4.78, 5) is 12.7. The minimum absolute atomic E-state index is 0.265. The second-order valence-electron chi connectivity index (χ2n) is 4.50. The Labute approximate surface area is 123 Å². The van der Waals surface area contributed by atoms with Gasteiger partial charge in [0.25, 0.3) is 0 Å². The van der Waals surface area contributed by atoms with Gasteiger partial charge in [-0.05, 0) is 5.56 Å². The number of fused-ring (bicyclic) bond motifs is 1. The summed E-state index contributed by atoms with van der Waals surface area (Å²) in [6.45, 7) is 0.265. The van der Waals surface area contributed by atoms with Gasteiger partial charge >= 0.3 is 0 Å². The van der Waals surface area contributed by atoms with E-state index in [1.54, 1.807) is 6.33 Å². The Morgan fingerprint density at radius 3 is 2.71 bits per heavy atom. The predicted molar refractivity (Wildman–Crippen MR) is 77.5 cm³/mol. The second kappa shape index (κ2) is 5.68. The third-order valence-electron chi connectivity index (χ3n) is 3.13. The first-order chi connectivity index (χ1) is 10.1. The highest BCUT2D eigenvalue weighted by Crippen LogP contribution is 2.24.